The number of piperidine rings is 1. The summed E-state index contributed by atoms with van der Waals surface area (Å²) in [5, 5.41) is 17.9. The van der Waals surface area contributed by atoms with E-state index in [1.807, 2.05) is 6.92 Å². The Morgan fingerprint density at radius 3 is 2.33 bits per heavy atom. The molecule has 1 rings (SSSR count). The quantitative estimate of drug-likeness (QED) is 0.728. The van der Waals surface area contributed by atoms with E-state index >= 15 is 0 Å². The summed E-state index contributed by atoms with van der Waals surface area (Å²) in [5.41, 5.74) is 0. The minimum Gasteiger partial charge on any atom is -0.481 e. The van der Waals surface area contributed by atoms with E-state index in [0.29, 0.717) is 5.92 Å². The number of carboxylic acids is 1. The smallest absolute Gasteiger partial charge is 0.307 e. The highest BCUT2D eigenvalue weighted by molar-refractivity contribution is 5.70. The third-order valence-corrected chi connectivity index (χ3v) is 3.60. The molecule has 0 bridgehead atoms. The predicted molar refractivity (Wildman–Crippen MR) is 57.6 cm³/mol. The molecule has 0 aromatic heterocycles. The molecule has 4 nitrogen and oxygen atoms in total. The lowest BCUT2D eigenvalue weighted by Gasteiger charge is -2.37. The molecule has 1 aliphatic heterocycles. The maximum Gasteiger partial charge on any atom is 0.307 e. The Kier molecular flexibility index (Phi) is 4.54. The van der Waals surface area contributed by atoms with Gasteiger partial charge < -0.3 is 10.2 Å². The zero-order valence-corrected chi connectivity index (χ0v) is 9.52. The lowest BCUT2D eigenvalue weighted by atomic mass is 9.94. The molecule has 1 aliphatic rings. The van der Waals surface area contributed by atoms with Gasteiger partial charge in [-0.05, 0) is 38.8 Å². The Morgan fingerprint density at radius 1 is 1.40 bits per heavy atom. The van der Waals surface area contributed by atoms with Crippen LogP contribution in [0.2, 0.25) is 0 Å². The fraction of sp³-hybridized carbons (Fsp3) is 0.909. The molecule has 88 valence electrons. The fourth-order valence-electron chi connectivity index (χ4n) is 2.07. The Labute approximate surface area is 90.9 Å². The highest BCUT2D eigenvalue weighted by Crippen LogP contribution is 2.21. The first kappa shape index (κ1) is 12.5. The largest absolute Gasteiger partial charge is 0.481 e. The van der Waals surface area contributed by atoms with E-state index in [1.165, 1.54) is 0 Å². The van der Waals surface area contributed by atoms with Crippen LogP contribution < -0.4 is 0 Å². The predicted octanol–water partition coefficient (Wildman–Crippen LogP) is 0.800. The standard InChI is InChI=1S/C11H21NO3/c1-8(11(14)15)9(2)12-5-3-10(7-13)4-6-12/h8-10,13H,3-7H2,1-2H3,(H,14,15). The van der Waals surface area contributed by atoms with Crippen LogP contribution in [0.5, 0.6) is 0 Å². The molecule has 0 spiro atoms. The number of aliphatic carboxylic acids is 1. The van der Waals surface area contributed by atoms with Crippen LogP contribution in [0.1, 0.15) is 26.7 Å². The second-order valence-corrected chi connectivity index (χ2v) is 4.53. The maximum atomic E-state index is 10.8. The van der Waals surface area contributed by atoms with E-state index < -0.39 is 5.97 Å². The SMILES string of the molecule is CC(C(=O)O)C(C)N1CCC(CO)CC1. The van der Waals surface area contributed by atoms with Crippen molar-refractivity contribution in [2.45, 2.75) is 32.7 Å². The Balaban J connectivity index is 2.42. The van der Waals surface area contributed by atoms with Crippen molar-refractivity contribution in [1.29, 1.82) is 0 Å². The van der Waals surface area contributed by atoms with Crippen LogP contribution in [0, 0.1) is 11.8 Å². The van der Waals surface area contributed by atoms with Crippen molar-refractivity contribution >= 4 is 5.97 Å². The fourth-order valence-corrected chi connectivity index (χ4v) is 2.07. The second kappa shape index (κ2) is 5.47. The van der Waals surface area contributed by atoms with Gasteiger partial charge in [0, 0.05) is 12.6 Å². The molecule has 0 saturated carbocycles. The molecule has 0 aromatic carbocycles. The first-order chi connectivity index (χ1) is 7.06. The summed E-state index contributed by atoms with van der Waals surface area (Å²) in [6, 6.07) is 0.0853. The molecule has 0 radical (unpaired) electrons. The summed E-state index contributed by atoms with van der Waals surface area (Å²) < 4.78 is 0. The third kappa shape index (κ3) is 3.18. The minimum absolute atomic E-state index is 0.0853. The monoisotopic (exact) mass is 215 g/mol. The van der Waals surface area contributed by atoms with Crippen molar-refractivity contribution in [1.82, 2.24) is 4.90 Å². The number of aliphatic hydroxyl groups excluding tert-OH is 1. The van der Waals surface area contributed by atoms with Gasteiger partial charge in [-0.1, -0.05) is 6.92 Å². The van der Waals surface area contributed by atoms with Gasteiger partial charge in [0.2, 0.25) is 0 Å². The normalized spacial score (nSPS) is 23.7. The summed E-state index contributed by atoms with van der Waals surface area (Å²) >= 11 is 0. The highest BCUT2D eigenvalue weighted by atomic mass is 16.4. The topological polar surface area (TPSA) is 60.8 Å². The lowest BCUT2D eigenvalue weighted by molar-refractivity contribution is -0.143. The molecule has 1 saturated heterocycles. The van der Waals surface area contributed by atoms with Gasteiger partial charge in [0.15, 0.2) is 0 Å². The molecule has 2 unspecified atom stereocenters. The van der Waals surface area contributed by atoms with Crippen LogP contribution in [0.25, 0.3) is 0 Å². The minimum atomic E-state index is -0.730. The molecule has 1 fully saturated rings. The Morgan fingerprint density at radius 2 is 1.93 bits per heavy atom. The zero-order chi connectivity index (χ0) is 11.4. The van der Waals surface area contributed by atoms with Gasteiger partial charge in [0.1, 0.15) is 0 Å². The van der Waals surface area contributed by atoms with E-state index in [-0.39, 0.29) is 18.6 Å². The van der Waals surface area contributed by atoms with Gasteiger partial charge in [0.05, 0.1) is 5.92 Å². The van der Waals surface area contributed by atoms with Gasteiger partial charge in [-0.25, -0.2) is 0 Å². The van der Waals surface area contributed by atoms with Crippen molar-refractivity contribution in [2.24, 2.45) is 11.8 Å². The average molecular weight is 215 g/mol. The van der Waals surface area contributed by atoms with Crippen LogP contribution in [-0.2, 0) is 4.79 Å². The molecular weight excluding hydrogens is 194 g/mol. The first-order valence-corrected chi connectivity index (χ1v) is 5.64. The molecule has 2 atom stereocenters. The van der Waals surface area contributed by atoms with E-state index in [1.54, 1.807) is 6.92 Å². The van der Waals surface area contributed by atoms with Crippen molar-refractivity contribution in [3.63, 3.8) is 0 Å². The molecule has 1 heterocycles. The van der Waals surface area contributed by atoms with Crippen LogP contribution in [0.4, 0.5) is 0 Å². The Bertz CT molecular complexity index is 212. The average Bonchev–Trinajstić information content (AvgIpc) is 2.27. The van der Waals surface area contributed by atoms with E-state index in [0.717, 1.165) is 25.9 Å². The van der Waals surface area contributed by atoms with Crippen molar-refractivity contribution < 1.29 is 15.0 Å². The summed E-state index contributed by atoms with van der Waals surface area (Å²) in [6.45, 7) is 5.80. The molecule has 15 heavy (non-hydrogen) atoms. The number of carbonyl (C=O) groups is 1. The van der Waals surface area contributed by atoms with Crippen molar-refractivity contribution in [3.05, 3.63) is 0 Å². The molecule has 0 amide bonds. The van der Waals surface area contributed by atoms with E-state index in [2.05, 4.69) is 4.90 Å². The summed E-state index contributed by atoms with van der Waals surface area (Å²) in [5.74, 6) is -0.643. The van der Waals surface area contributed by atoms with Crippen LogP contribution in [0.15, 0.2) is 0 Å². The van der Waals surface area contributed by atoms with Crippen LogP contribution in [-0.4, -0.2) is 46.8 Å². The first-order valence-electron chi connectivity index (χ1n) is 5.64. The van der Waals surface area contributed by atoms with Gasteiger partial charge in [-0.2, -0.15) is 0 Å². The van der Waals surface area contributed by atoms with Gasteiger partial charge in [-0.3, -0.25) is 9.69 Å². The molecule has 0 aliphatic carbocycles. The second-order valence-electron chi connectivity index (χ2n) is 4.53. The number of hydrogen-bond donors (Lipinski definition) is 2. The number of hydrogen-bond acceptors (Lipinski definition) is 3. The van der Waals surface area contributed by atoms with Crippen molar-refractivity contribution in [2.75, 3.05) is 19.7 Å². The summed E-state index contributed by atoms with van der Waals surface area (Å²) in [7, 11) is 0. The molecule has 2 N–H and O–H groups in total. The number of rotatable bonds is 4. The molecular formula is C11H21NO3. The van der Waals surface area contributed by atoms with Crippen molar-refractivity contribution in [3.8, 4) is 0 Å². The van der Waals surface area contributed by atoms with E-state index in [9.17, 15) is 4.79 Å². The number of likely N-dealkylation sites (tertiary alicyclic amines) is 1. The Hall–Kier alpha value is -0.610. The number of aliphatic hydroxyl groups is 1. The maximum absolute atomic E-state index is 10.8. The zero-order valence-electron chi connectivity index (χ0n) is 9.52. The summed E-state index contributed by atoms with van der Waals surface area (Å²) in [4.78, 5) is 13.1. The third-order valence-electron chi connectivity index (χ3n) is 3.60. The number of carboxylic acid groups (broad SMARTS) is 1. The van der Waals surface area contributed by atoms with E-state index in [4.69, 9.17) is 10.2 Å². The highest BCUT2D eigenvalue weighted by Gasteiger charge is 2.28. The molecule has 0 aromatic rings. The van der Waals surface area contributed by atoms with Gasteiger partial charge in [-0.15, -0.1) is 0 Å². The summed E-state index contributed by atoms with van der Waals surface area (Å²) in [6.07, 6.45) is 1.96. The lowest BCUT2D eigenvalue weighted by Crippen LogP contribution is -2.45. The van der Waals surface area contributed by atoms with Gasteiger partial charge in [0.25, 0.3) is 0 Å². The number of nitrogens with zero attached hydrogens (tertiary/aromatic N) is 1. The van der Waals surface area contributed by atoms with Crippen LogP contribution >= 0.6 is 0 Å². The van der Waals surface area contributed by atoms with Crippen LogP contribution in [0.3, 0.4) is 0 Å². The van der Waals surface area contributed by atoms with Gasteiger partial charge >= 0.3 is 5.97 Å². The molecule has 4 heteroatoms.